The second kappa shape index (κ2) is 5.27. The summed E-state index contributed by atoms with van der Waals surface area (Å²) in [5.74, 6) is -0.278. The summed E-state index contributed by atoms with van der Waals surface area (Å²) in [5.41, 5.74) is 8.12. The van der Waals surface area contributed by atoms with Crippen molar-refractivity contribution in [3.05, 3.63) is 58.9 Å². The fraction of sp³-hybridized carbons (Fsp3) is 0.143. The summed E-state index contributed by atoms with van der Waals surface area (Å²) >= 11 is 6.04. The van der Waals surface area contributed by atoms with E-state index in [0.717, 1.165) is 16.9 Å². The van der Waals surface area contributed by atoms with Crippen molar-refractivity contribution in [2.24, 2.45) is 0 Å². The normalized spacial score (nSPS) is 10.4. The van der Waals surface area contributed by atoms with E-state index in [2.05, 4.69) is 0 Å². The second-order valence-electron chi connectivity index (χ2n) is 4.18. The minimum absolute atomic E-state index is 0.278. The average Bonchev–Trinajstić information content (AvgIpc) is 2.34. The molecular weight excluding hydrogens is 251 g/mol. The SMILES string of the molecule is CN(Cc1cc(F)ccc1Cl)c1ccc(N)cc1. The van der Waals surface area contributed by atoms with Crippen LogP contribution in [-0.2, 0) is 6.54 Å². The quantitative estimate of drug-likeness (QED) is 0.857. The van der Waals surface area contributed by atoms with E-state index < -0.39 is 0 Å². The van der Waals surface area contributed by atoms with Crippen LogP contribution in [0.4, 0.5) is 15.8 Å². The lowest BCUT2D eigenvalue weighted by Gasteiger charge is -2.20. The Bertz CT molecular complexity index is 540. The van der Waals surface area contributed by atoms with Crippen LogP contribution in [0.15, 0.2) is 42.5 Å². The van der Waals surface area contributed by atoms with E-state index in [-0.39, 0.29) is 5.82 Å². The highest BCUT2D eigenvalue weighted by Gasteiger charge is 2.06. The van der Waals surface area contributed by atoms with Crippen molar-refractivity contribution in [3.8, 4) is 0 Å². The van der Waals surface area contributed by atoms with E-state index in [9.17, 15) is 4.39 Å². The van der Waals surface area contributed by atoms with Crippen LogP contribution < -0.4 is 10.6 Å². The summed E-state index contributed by atoms with van der Waals surface area (Å²) in [4.78, 5) is 1.99. The summed E-state index contributed by atoms with van der Waals surface area (Å²) in [5, 5.41) is 0.568. The van der Waals surface area contributed by atoms with Crippen LogP contribution in [0.3, 0.4) is 0 Å². The van der Waals surface area contributed by atoms with E-state index in [0.29, 0.717) is 11.6 Å². The van der Waals surface area contributed by atoms with Gasteiger partial charge in [-0.05, 0) is 48.0 Å². The Labute approximate surface area is 111 Å². The molecule has 0 atom stereocenters. The predicted octanol–water partition coefficient (Wildman–Crippen LogP) is 3.70. The molecule has 0 aliphatic heterocycles. The summed E-state index contributed by atoms with van der Waals surface area (Å²) in [7, 11) is 1.92. The lowest BCUT2D eigenvalue weighted by molar-refractivity contribution is 0.625. The number of anilines is 2. The van der Waals surface area contributed by atoms with Crippen molar-refractivity contribution >= 4 is 23.0 Å². The topological polar surface area (TPSA) is 29.3 Å². The minimum Gasteiger partial charge on any atom is -0.399 e. The smallest absolute Gasteiger partial charge is 0.123 e. The molecule has 2 aromatic rings. The Morgan fingerprint density at radius 3 is 2.50 bits per heavy atom. The summed E-state index contributed by atoms with van der Waals surface area (Å²) in [6.07, 6.45) is 0. The number of hydrogen-bond donors (Lipinski definition) is 1. The number of nitrogens with two attached hydrogens (primary N) is 1. The van der Waals surface area contributed by atoms with Crippen LogP contribution in [0.25, 0.3) is 0 Å². The van der Waals surface area contributed by atoms with Gasteiger partial charge in [-0.25, -0.2) is 4.39 Å². The lowest BCUT2D eigenvalue weighted by Crippen LogP contribution is -2.16. The summed E-state index contributed by atoms with van der Waals surface area (Å²) in [6.45, 7) is 0.542. The van der Waals surface area contributed by atoms with Crippen molar-refractivity contribution in [3.63, 3.8) is 0 Å². The number of hydrogen-bond acceptors (Lipinski definition) is 2. The van der Waals surface area contributed by atoms with Gasteiger partial charge in [-0.3, -0.25) is 0 Å². The maximum atomic E-state index is 13.2. The Morgan fingerprint density at radius 2 is 1.83 bits per heavy atom. The van der Waals surface area contributed by atoms with Crippen molar-refractivity contribution in [1.82, 2.24) is 0 Å². The predicted molar refractivity (Wildman–Crippen MR) is 74.4 cm³/mol. The third-order valence-electron chi connectivity index (χ3n) is 2.75. The molecule has 0 spiro atoms. The van der Waals surface area contributed by atoms with Crippen LogP contribution in [0.5, 0.6) is 0 Å². The van der Waals surface area contributed by atoms with Gasteiger partial charge in [-0.1, -0.05) is 11.6 Å². The molecule has 2 N–H and O–H groups in total. The van der Waals surface area contributed by atoms with Crippen LogP contribution >= 0.6 is 11.6 Å². The zero-order chi connectivity index (χ0) is 13.1. The molecule has 0 amide bonds. The highest BCUT2D eigenvalue weighted by molar-refractivity contribution is 6.31. The number of nitrogen functional groups attached to an aromatic ring is 1. The third kappa shape index (κ3) is 2.93. The van der Waals surface area contributed by atoms with E-state index >= 15 is 0 Å². The molecule has 0 aliphatic carbocycles. The molecule has 0 saturated carbocycles. The molecule has 0 aromatic heterocycles. The Kier molecular flexibility index (Phi) is 3.72. The van der Waals surface area contributed by atoms with Crippen LogP contribution in [0, 0.1) is 5.82 Å². The first-order valence-corrected chi connectivity index (χ1v) is 5.94. The third-order valence-corrected chi connectivity index (χ3v) is 3.12. The van der Waals surface area contributed by atoms with Crippen molar-refractivity contribution in [2.45, 2.75) is 6.54 Å². The highest BCUT2D eigenvalue weighted by atomic mass is 35.5. The first kappa shape index (κ1) is 12.7. The first-order valence-electron chi connectivity index (χ1n) is 5.57. The molecular formula is C14H14ClFN2. The molecule has 0 unspecified atom stereocenters. The zero-order valence-electron chi connectivity index (χ0n) is 10.0. The van der Waals surface area contributed by atoms with Gasteiger partial charge in [-0.15, -0.1) is 0 Å². The molecule has 0 aliphatic rings. The highest BCUT2D eigenvalue weighted by Crippen LogP contribution is 2.22. The average molecular weight is 265 g/mol. The van der Waals surface area contributed by atoms with Crippen LogP contribution in [-0.4, -0.2) is 7.05 Å². The van der Waals surface area contributed by atoms with Crippen LogP contribution in [0.1, 0.15) is 5.56 Å². The van der Waals surface area contributed by atoms with Gasteiger partial charge in [0.25, 0.3) is 0 Å². The van der Waals surface area contributed by atoms with E-state index in [1.54, 1.807) is 6.07 Å². The lowest BCUT2D eigenvalue weighted by atomic mass is 10.2. The van der Waals surface area contributed by atoms with Gasteiger partial charge in [0.2, 0.25) is 0 Å². The second-order valence-corrected chi connectivity index (χ2v) is 4.59. The van der Waals surface area contributed by atoms with E-state index in [1.165, 1.54) is 12.1 Å². The molecule has 0 radical (unpaired) electrons. The molecule has 0 fully saturated rings. The Hall–Kier alpha value is -1.74. The maximum absolute atomic E-state index is 13.2. The van der Waals surface area contributed by atoms with Crippen molar-refractivity contribution in [1.29, 1.82) is 0 Å². The van der Waals surface area contributed by atoms with Gasteiger partial charge in [-0.2, -0.15) is 0 Å². The standard InChI is InChI=1S/C14H14ClFN2/c1-18(13-5-3-12(17)4-6-13)9-10-8-11(16)2-7-14(10)15/h2-8H,9,17H2,1H3. The van der Waals surface area contributed by atoms with E-state index in [4.69, 9.17) is 17.3 Å². The molecule has 0 heterocycles. The maximum Gasteiger partial charge on any atom is 0.123 e. The van der Waals surface area contributed by atoms with Gasteiger partial charge >= 0.3 is 0 Å². The number of rotatable bonds is 3. The fourth-order valence-corrected chi connectivity index (χ4v) is 1.92. The summed E-state index contributed by atoms with van der Waals surface area (Å²) < 4.78 is 13.2. The largest absolute Gasteiger partial charge is 0.399 e. The van der Waals surface area contributed by atoms with Crippen molar-refractivity contribution < 1.29 is 4.39 Å². The van der Waals surface area contributed by atoms with Gasteiger partial charge in [0, 0.05) is 30.0 Å². The number of halogens is 2. The molecule has 2 aromatic carbocycles. The minimum atomic E-state index is -0.278. The number of nitrogens with zero attached hydrogens (tertiary/aromatic N) is 1. The first-order chi connectivity index (χ1) is 8.56. The molecule has 4 heteroatoms. The molecule has 2 rings (SSSR count). The molecule has 2 nitrogen and oxygen atoms in total. The fourth-order valence-electron chi connectivity index (χ4n) is 1.74. The van der Waals surface area contributed by atoms with Crippen LogP contribution in [0.2, 0.25) is 5.02 Å². The molecule has 94 valence electrons. The Balaban J connectivity index is 2.18. The van der Waals surface area contributed by atoms with Crippen molar-refractivity contribution in [2.75, 3.05) is 17.7 Å². The monoisotopic (exact) mass is 264 g/mol. The van der Waals surface area contributed by atoms with Gasteiger partial charge in [0.15, 0.2) is 0 Å². The molecule has 0 bridgehead atoms. The van der Waals surface area contributed by atoms with E-state index in [1.807, 2.05) is 36.2 Å². The van der Waals surface area contributed by atoms with Gasteiger partial charge in [0.1, 0.15) is 5.82 Å². The van der Waals surface area contributed by atoms with Gasteiger partial charge in [0.05, 0.1) is 0 Å². The van der Waals surface area contributed by atoms with Gasteiger partial charge < -0.3 is 10.6 Å². The molecule has 0 saturated heterocycles. The number of benzene rings is 2. The summed E-state index contributed by atoms with van der Waals surface area (Å²) in [6, 6.07) is 11.9. The zero-order valence-corrected chi connectivity index (χ0v) is 10.8. The molecule has 18 heavy (non-hydrogen) atoms. The Morgan fingerprint density at radius 1 is 1.17 bits per heavy atom.